The van der Waals surface area contributed by atoms with Gasteiger partial charge in [-0.3, -0.25) is 9.59 Å². The van der Waals surface area contributed by atoms with Crippen LogP contribution in [0.25, 0.3) is 0 Å². The van der Waals surface area contributed by atoms with Crippen molar-refractivity contribution in [3.05, 3.63) is 24.3 Å². The third-order valence-electron chi connectivity index (χ3n) is 16.0. The molecule has 0 fully saturated rings. The SMILES string of the molecule is CCCCCCCCC/C=C\CCCCCCCC(=O)OCCCCCCCCCCCCCC/C=C\CCCCCCCCCCCCCC(=O)NC(CO)C(O)CCCCCCCCCCCCCCCCC. The van der Waals surface area contributed by atoms with E-state index < -0.39 is 12.1 Å². The van der Waals surface area contributed by atoms with Gasteiger partial charge in [0.25, 0.3) is 0 Å². The molecule has 0 aliphatic rings. The highest BCUT2D eigenvalue weighted by molar-refractivity contribution is 5.76. The highest BCUT2D eigenvalue weighted by Crippen LogP contribution is 2.18. The van der Waals surface area contributed by atoms with Crippen molar-refractivity contribution in [1.82, 2.24) is 5.32 Å². The molecule has 75 heavy (non-hydrogen) atoms. The van der Waals surface area contributed by atoms with E-state index >= 15 is 0 Å². The van der Waals surface area contributed by atoms with E-state index in [0.29, 0.717) is 25.9 Å². The maximum atomic E-state index is 12.5. The zero-order valence-electron chi connectivity index (χ0n) is 50.8. The fourth-order valence-corrected chi connectivity index (χ4v) is 10.7. The Morgan fingerprint density at radius 1 is 0.360 bits per heavy atom. The molecule has 2 unspecified atom stereocenters. The van der Waals surface area contributed by atoms with Crippen molar-refractivity contribution in [2.24, 2.45) is 0 Å². The first-order chi connectivity index (χ1) is 37.0. The number of esters is 1. The fourth-order valence-electron chi connectivity index (χ4n) is 10.7. The van der Waals surface area contributed by atoms with Crippen LogP contribution < -0.4 is 5.32 Å². The van der Waals surface area contributed by atoms with E-state index in [1.54, 1.807) is 0 Å². The summed E-state index contributed by atoms with van der Waals surface area (Å²) in [6.45, 7) is 4.97. The normalized spacial score (nSPS) is 12.6. The van der Waals surface area contributed by atoms with Gasteiger partial charge in [0.05, 0.1) is 25.4 Å². The van der Waals surface area contributed by atoms with E-state index in [2.05, 4.69) is 43.5 Å². The number of nitrogens with one attached hydrogen (secondary N) is 1. The zero-order valence-corrected chi connectivity index (χ0v) is 50.8. The maximum Gasteiger partial charge on any atom is 0.305 e. The van der Waals surface area contributed by atoms with Gasteiger partial charge < -0.3 is 20.3 Å². The van der Waals surface area contributed by atoms with Crippen molar-refractivity contribution in [2.75, 3.05) is 13.2 Å². The highest BCUT2D eigenvalue weighted by atomic mass is 16.5. The lowest BCUT2D eigenvalue weighted by atomic mass is 10.0. The van der Waals surface area contributed by atoms with Crippen LogP contribution in [0.3, 0.4) is 0 Å². The van der Waals surface area contributed by atoms with E-state index in [4.69, 9.17) is 4.74 Å². The number of unbranched alkanes of at least 4 members (excludes halogenated alkanes) is 49. The number of aliphatic hydroxyl groups excluding tert-OH is 2. The molecule has 0 saturated carbocycles. The molecule has 0 aliphatic carbocycles. The Bertz CT molecular complexity index is 1170. The predicted octanol–water partition coefficient (Wildman–Crippen LogP) is 21.8. The average Bonchev–Trinajstić information content (AvgIpc) is 3.41. The maximum absolute atomic E-state index is 12.5. The van der Waals surface area contributed by atoms with Gasteiger partial charge in [-0.25, -0.2) is 0 Å². The van der Waals surface area contributed by atoms with Crippen LogP contribution in [0.2, 0.25) is 0 Å². The van der Waals surface area contributed by atoms with Gasteiger partial charge >= 0.3 is 5.97 Å². The summed E-state index contributed by atoms with van der Waals surface area (Å²) in [5.41, 5.74) is 0. The third kappa shape index (κ3) is 61.4. The summed E-state index contributed by atoms with van der Waals surface area (Å²) in [7, 11) is 0. The van der Waals surface area contributed by atoms with Crippen LogP contribution in [-0.4, -0.2) is 47.4 Å². The van der Waals surface area contributed by atoms with Gasteiger partial charge in [-0.2, -0.15) is 0 Å². The van der Waals surface area contributed by atoms with Gasteiger partial charge in [0, 0.05) is 12.8 Å². The topological polar surface area (TPSA) is 95.9 Å². The summed E-state index contributed by atoms with van der Waals surface area (Å²) < 4.78 is 5.49. The smallest absolute Gasteiger partial charge is 0.305 e. The number of rotatable bonds is 64. The number of carbonyl (C=O) groups excluding carboxylic acids is 2. The van der Waals surface area contributed by atoms with Gasteiger partial charge in [0.1, 0.15) is 0 Å². The van der Waals surface area contributed by atoms with Gasteiger partial charge in [-0.05, 0) is 77.0 Å². The number of ether oxygens (including phenoxy) is 1. The number of amides is 1. The summed E-state index contributed by atoms with van der Waals surface area (Å²) in [5.74, 6) is -0.0250. The molecule has 2 atom stereocenters. The second kappa shape index (κ2) is 64.9. The molecule has 0 aromatic carbocycles. The monoisotopic (exact) mass is 1060 g/mol. The highest BCUT2D eigenvalue weighted by Gasteiger charge is 2.20. The lowest BCUT2D eigenvalue weighted by Crippen LogP contribution is -2.45. The molecule has 0 rings (SSSR count). The van der Waals surface area contributed by atoms with E-state index in [9.17, 15) is 19.8 Å². The van der Waals surface area contributed by atoms with Crippen molar-refractivity contribution in [1.29, 1.82) is 0 Å². The molecule has 0 spiro atoms. The van der Waals surface area contributed by atoms with Crippen LogP contribution >= 0.6 is 0 Å². The minimum absolute atomic E-state index is 0.00833. The van der Waals surface area contributed by atoms with Crippen LogP contribution in [0.4, 0.5) is 0 Å². The van der Waals surface area contributed by atoms with Crippen molar-refractivity contribution in [2.45, 2.75) is 392 Å². The van der Waals surface area contributed by atoms with Crippen LogP contribution in [0, 0.1) is 0 Å². The van der Waals surface area contributed by atoms with Crippen molar-refractivity contribution < 1.29 is 24.5 Å². The largest absolute Gasteiger partial charge is 0.466 e. The minimum Gasteiger partial charge on any atom is -0.466 e. The lowest BCUT2D eigenvalue weighted by Gasteiger charge is -2.22. The summed E-state index contributed by atoms with van der Waals surface area (Å²) in [6, 6.07) is -0.542. The standard InChI is InChI=1S/C69H133NO5/c1-3-5-7-9-11-13-15-17-19-35-39-43-47-51-55-59-63-69(74)75-64-60-56-52-48-44-40-36-32-30-28-26-24-22-20-21-23-25-27-29-31-34-38-42-46-50-54-58-62-68(73)70-66(65-71)67(72)61-57-53-49-45-41-37-33-18-16-14-12-10-8-6-4-2/h19-21,35,66-67,71-72H,3-18,22-34,36-65H2,1-2H3,(H,70,73)/b21-20-,35-19-. The van der Waals surface area contributed by atoms with E-state index in [-0.39, 0.29) is 18.5 Å². The number of hydrogen-bond acceptors (Lipinski definition) is 5. The first-order valence-electron chi connectivity index (χ1n) is 34.1. The molecule has 0 saturated heterocycles. The molecular weight excluding hydrogens is 923 g/mol. The summed E-state index contributed by atoms with van der Waals surface area (Å²) in [5, 5.41) is 23.3. The van der Waals surface area contributed by atoms with E-state index in [1.165, 1.54) is 302 Å². The lowest BCUT2D eigenvalue weighted by molar-refractivity contribution is -0.143. The summed E-state index contributed by atoms with van der Waals surface area (Å²) >= 11 is 0. The first kappa shape index (κ1) is 73.3. The van der Waals surface area contributed by atoms with Crippen molar-refractivity contribution in [3.8, 4) is 0 Å². The van der Waals surface area contributed by atoms with Crippen LogP contribution in [0.1, 0.15) is 380 Å². The Kier molecular flexibility index (Phi) is 63.4. The first-order valence-corrected chi connectivity index (χ1v) is 34.1. The van der Waals surface area contributed by atoms with Crippen LogP contribution in [0.15, 0.2) is 24.3 Å². The second-order valence-corrected chi connectivity index (χ2v) is 23.5. The molecule has 0 radical (unpaired) electrons. The van der Waals surface area contributed by atoms with E-state index in [0.717, 1.165) is 44.9 Å². The Labute approximate surface area is 469 Å². The van der Waals surface area contributed by atoms with Crippen LogP contribution in [0.5, 0.6) is 0 Å². The summed E-state index contributed by atoms with van der Waals surface area (Å²) in [4.78, 5) is 24.6. The number of aliphatic hydroxyl groups is 2. The van der Waals surface area contributed by atoms with Gasteiger partial charge in [0.2, 0.25) is 5.91 Å². The predicted molar refractivity (Wildman–Crippen MR) is 329 cm³/mol. The molecule has 0 aromatic rings. The third-order valence-corrected chi connectivity index (χ3v) is 16.0. The van der Waals surface area contributed by atoms with Gasteiger partial charge in [-0.1, -0.05) is 314 Å². The molecule has 0 aliphatic heterocycles. The molecule has 444 valence electrons. The number of allylic oxidation sites excluding steroid dienone is 4. The summed E-state index contributed by atoms with van der Waals surface area (Å²) in [6.07, 6.45) is 80.7. The number of carbonyl (C=O) groups is 2. The van der Waals surface area contributed by atoms with E-state index in [1.807, 2.05) is 0 Å². The minimum atomic E-state index is -0.664. The average molecular weight is 1060 g/mol. The molecule has 1 amide bonds. The molecule has 3 N–H and O–H groups in total. The number of hydrogen-bond donors (Lipinski definition) is 3. The van der Waals surface area contributed by atoms with Crippen molar-refractivity contribution >= 4 is 11.9 Å². The fraction of sp³-hybridized carbons (Fsp3) is 0.913. The second-order valence-electron chi connectivity index (χ2n) is 23.5. The van der Waals surface area contributed by atoms with Crippen molar-refractivity contribution in [3.63, 3.8) is 0 Å². The Hall–Kier alpha value is -1.66. The molecule has 0 aromatic heterocycles. The Balaban J connectivity index is 3.37. The Morgan fingerprint density at radius 2 is 0.627 bits per heavy atom. The quantitative estimate of drug-likeness (QED) is 0.0320. The zero-order chi connectivity index (χ0) is 54.3. The molecule has 6 nitrogen and oxygen atoms in total. The van der Waals surface area contributed by atoms with Gasteiger partial charge in [0.15, 0.2) is 0 Å². The molecular formula is C69H133NO5. The Morgan fingerprint density at radius 3 is 0.947 bits per heavy atom. The van der Waals surface area contributed by atoms with Crippen LogP contribution in [-0.2, 0) is 14.3 Å². The molecule has 0 heterocycles. The molecule has 6 heteroatoms. The molecule has 0 bridgehead atoms. The van der Waals surface area contributed by atoms with Gasteiger partial charge in [-0.15, -0.1) is 0 Å².